The number of carbonyl (C=O) groups excluding carboxylic acids is 2. The number of ketones is 1. The average Bonchev–Trinajstić information content (AvgIpc) is 3.27. The molecule has 0 radical (unpaired) electrons. The van der Waals surface area contributed by atoms with Crippen molar-refractivity contribution >= 4 is 11.8 Å². The Balaban J connectivity index is 1.53. The van der Waals surface area contributed by atoms with E-state index in [2.05, 4.69) is 41.5 Å². The number of hydrogen-bond donors (Lipinski definition) is 1. The number of allylic oxidation sites excluding steroid dienone is 1. The van der Waals surface area contributed by atoms with Crippen LogP contribution < -0.4 is 0 Å². The molecule has 0 aromatic heterocycles. The lowest BCUT2D eigenvalue weighted by atomic mass is 9.36. The van der Waals surface area contributed by atoms with Crippen LogP contribution in [0.5, 0.6) is 0 Å². The summed E-state index contributed by atoms with van der Waals surface area (Å²) in [4.78, 5) is 25.5. The van der Waals surface area contributed by atoms with Crippen LogP contribution in [-0.4, -0.2) is 40.8 Å². The number of esters is 1. The van der Waals surface area contributed by atoms with Gasteiger partial charge in [-0.1, -0.05) is 52.7 Å². The zero-order valence-corrected chi connectivity index (χ0v) is 24.7. The molecule has 1 aliphatic heterocycles. The fourth-order valence-electron chi connectivity index (χ4n) is 10.4. The van der Waals surface area contributed by atoms with E-state index in [0.717, 1.165) is 38.5 Å². The Morgan fingerprint density at radius 1 is 1.08 bits per heavy atom. The summed E-state index contributed by atoms with van der Waals surface area (Å²) in [5.41, 5.74) is 2.39. The van der Waals surface area contributed by atoms with Crippen molar-refractivity contribution in [2.45, 2.75) is 138 Å². The topological polar surface area (TPSA) is 76.1 Å². The van der Waals surface area contributed by atoms with E-state index in [0.29, 0.717) is 24.5 Å². The smallest absolute Gasteiger partial charge is 0.302 e. The number of aliphatic hydroxyl groups excluding tert-OH is 1. The monoisotopic (exact) mass is 514 g/mol. The molecular formula is C32H50O5. The second-order valence-electron chi connectivity index (χ2n) is 15.2. The maximum Gasteiger partial charge on any atom is 0.302 e. The molecule has 0 amide bonds. The van der Waals surface area contributed by atoms with Crippen molar-refractivity contribution in [2.24, 2.45) is 39.4 Å². The third-order valence-electron chi connectivity index (χ3n) is 12.5. The molecule has 4 aliphatic carbocycles. The Labute approximate surface area is 224 Å². The van der Waals surface area contributed by atoms with Crippen LogP contribution in [0.4, 0.5) is 0 Å². The molecule has 5 aliphatic rings. The number of hydrogen-bond acceptors (Lipinski definition) is 5. The van der Waals surface area contributed by atoms with Crippen molar-refractivity contribution < 1.29 is 24.2 Å². The number of ether oxygens (including phenoxy) is 2. The highest BCUT2D eigenvalue weighted by molar-refractivity contribution is 5.85. The molecule has 5 nitrogen and oxygen atoms in total. The highest BCUT2D eigenvalue weighted by atomic mass is 16.6. The van der Waals surface area contributed by atoms with E-state index in [9.17, 15) is 14.7 Å². The Morgan fingerprint density at radius 2 is 1.73 bits per heavy atom. The van der Waals surface area contributed by atoms with Gasteiger partial charge in [0.05, 0.1) is 11.7 Å². The first kappa shape index (κ1) is 27.4. The lowest BCUT2D eigenvalue weighted by Crippen LogP contribution is -2.66. The third-order valence-corrected chi connectivity index (χ3v) is 12.5. The van der Waals surface area contributed by atoms with Gasteiger partial charge in [0.2, 0.25) is 0 Å². The molecule has 9 atom stereocenters. The van der Waals surface area contributed by atoms with Crippen molar-refractivity contribution in [3.05, 3.63) is 11.1 Å². The quantitative estimate of drug-likeness (QED) is 0.261. The molecule has 0 bridgehead atoms. The molecule has 0 spiro atoms. The molecule has 4 fully saturated rings. The number of rotatable bonds is 5. The maximum absolute atomic E-state index is 13.0. The van der Waals surface area contributed by atoms with Gasteiger partial charge in [-0.3, -0.25) is 9.59 Å². The normalized spacial score (nSPS) is 45.4. The first-order chi connectivity index (χ1) is 17.0. The molecule has 208 valence electrons. The molecule has 1 heterocycles. The Kier molecular flexibility index (Phi) is 6.21. The molecule has 5 heteroatoms. The molecule has 37 heavy (non-hydrogen) atoms. The van der Waals surface area contributed by atoms with Crippen LogP contribution >= 0.6 is 0 Å². The summed E-state index contributed by atoms with van der Waals surface area (Å²) in [6.45, 7) is 19.6. The van der Waals surface area contributed by atoms with Crippen LogP contribution in [0.1, 0.15) is 114 Å². The van der Waals surface area contributed by atoms with E-state index in [4.69, 9.17) is 9.47 Å². The van der Waals surface area contributed by atoms with Gasteiger partial charge < -0.3 is 14.6 Å². The van der Waals surface area contributed by atoms with Gasteiger partial charge in [-0.15, -0.1) is 0 Å². The summed E-state index contributed by atoms with van der Waals surface area (Å²) < 4.78 is 12.0. The minimum absolute atomic E-state index is 0.00982. The van der Waals surface area contributed by atoms with Gasteiger partial charge >= 0.3 is 5.97 Å². The fourth-order valence-corrected chi connectivity index (χ4v) is 10.4. The third kappa shape index (κ3) is 3.84. The van der Waals surface area contributed by atoms with Crippen molar-refractivity contribution in [1.29, 1.82) is 0 Å². The van der Waals surface area contributed by atoms with Gasteiger partial charge in [-0.25, -0.2) is 0 Å². The lowest BCUT2D eigenvalue weighted by molar-refractivity contribution is -0.217. The predicted octanol–water partition coefficient (Wildman–Crippen LogP) is 6.41. The molecule has 1 N–H and O–H groups in total. The summed E-state index contributed by atoms with van der Waals surface area (Å²) in [5, 5.41) is 10.9. The second kappa shape index (κ2) is 8.40. The first-order valence-corrected chi connectivity index (χ1v) is 14.8. The molecule has 9 unspecified atom stereocenters. The number of Topliss-reactive ketones (excluding diaryl/α,β-unsaturated/α-hetero) is 1. The van der Waals surface area contributed by atoms with E-state index in [1.54, 1.807) is 6.92 Å². The predicted molar refractivity (Wildman–Crippen MR) is 144 cm³/mol. The number of fused-ring (bicyclic) bond motifs is 5. The van der Waals surface area contributed by atoms with Crippen LogP contribution in [-0.2, 0) is 19.1 Å². The zero-order valence-electron chi connectivity index (χ0n) is 24.7. The summed E-state index contributed by atoms with van der Waals surface area (Å²) in [6, 6.07) is 0. The van der Waals surface area contributed by atoms with Crippen molar-refractivity contribution in [2.75, 3.05) is 0 Å². The molecule has 0 aromatic carbocycles. The number of aliphatic hydroxyl groups is 1. The summed E-state index contributed by atoms with van der Waals surface area (Å²) in [7, 11) is 0. The van der Waals surface area contributed by atoms with Gasteiger partial charge in [0.25, 0.3) is 0 Å². The van der Waals surface area contributed by atoms with Crippen LogP contribution in [0.25, 0.3) is 0 Å². The highest BCUT2D eigenvalue weighted by Gasteiger charge is 2.70. The summed E-state index contributed by atoms with van der Waals surface area (Å²) >= 11 is 0. The van der Waals surface area contributed by atoms with Crippen LogP contribution in [0.3, 0.4) is 0 Å². The minimum atomic E-state index is -0.461. The largest absolute Gasteiger partial charge is 0.462 e. The van der Waals surface area contributed by atoms with Crippen LogP contribution in [0.2, 0.25) is 0 Å². The SMILES string of the molecule is CC(=O)OC1CC2=C(C(C)CC(O)C3OC3(C)C)CCC2(C)C2(C)CCC3C(C)(C)C(=O)CCC3(C)C12. The Hall–Kier alpha value is -1.20. The van der Waals surface area contributed by atoms with Gasteiger partial charge in [0.15, 0.2) is 0 Å². The summed E-state index contributed by atoms with van der Waals surface area (Å²) in [6.07, 6.45) is 6.57. The van der Waals surface area contributed by atoms with E-state index in [1.807, 2.05) is 13.8 Å². The first-order valence-electron chi connectivity index (χ1n) is 14.8. The van der Waals surface area contributed by atoms with E-state index < -0.39 is 6.10 Å². The van der Waals surface area contributed by atoms with E-state index in [-0.39, 0.29) is 57.3 Å². The Morgan fingerprint density at radius 3 is 2.32 bits per heavy atom. The van der Waals surface area contributed by atoms with E-state index in [1.165, 1.54) is 11.1 Å². The fraction of sp³-hybridized carbons (Fsp3) is 0.875. The Bertz CT molecular complexity index is 1020. The van der Waals surface area contributed by atoms with E-state index >= 15 is 0 Å². The minimum Gasteiger partial charge on any atom is -0.462 e. The van der Waals surface area contributed by atoms with Crippen LogP contribution in [0.15, 0.2) is 11.1 Å². The maximum atomic E-state index is 13.0. The zero-order chi connectivity index (χ0) is 27.3. The molecule has 0 aromatic rings. The van der Waals surface area contributed by atoms with Gasteiger partial charge in [0.1, 0.15) is 18.0 Å². The standard InChI is InChI=1S/C32H50O5/c1-18(16-22(34)27-29(5,6)37-27)20-10-14-31(8)21(20)17-23(36-19(2)33)26-30(7)13-12-25(35)28(3,4)24(30)11-15-32(26,31)9/h18,22-24,26-27,34H,10-17H2,1-9H3. The molecule has 3 saturated carbocycles. The van der Waals surface area contributed by atoms with Gasteiger partial charge in [0, 0.05) is 31.1 Å². The van der Waals surface area contributed by atoms with Crippen LogP contribution in [0, 0.1) is 39.4 Å². The average molecular weight is 515 g/mol. The number of epoxide rings is 1. The van der Waals surface area contributed by atoms with Gasteiger partial charge in [-0.05, 0) is 80.5 Å². The molecular weight excluding hydrogens is 464 g/mol. The molecule has 5 rings (SSSR count). The lowest BCUT2D eigenvalue weighted by Gasteiger charge is -2.69. The number of carbonyl (C=O) groups is 2. The second-order valence-corrected chi connectivity index (χ2v) is 15.2. The highest BCUT2D eigenvalue weighted by Crippen LogP contribution is 2.74. The van der Waals surface area contributed by atoms with Crippen molar-refractivity contribution in [3.8, 4) is 0 Å². The van der Waals surface area contributed by atoms with Crippen molar-refractivity contribution in [3.63, 3.8) is 0 Å². The summed E-state index contributed by atoms with van der Waals surface area (Å²) in [5.74, 6) is 0.990. The molecule has 1 saturated heterocycles. The van der Waals surface area contributed by atoms with Crippen molar-refractivity contribution in [1.82, 2.24) is 0 Å². The van der Waals surface area contributed by atoms with Gasteiger partial charge in [-0.2, -0.15) is 0 Å².